The van der Waals surface area contributed by atoms with Crippen LogP contribution in [0.4, 0.5) is 5.69 Å². The van der Waals surface area contributed by atoms with Crippen LogP contribution < -0.4 is 10.1 Å². The van der Waals surface area contributed by atoms with Crippen molar-refractivity contribution in [2.75, 3.05) is 31.6 Å². The molecular formula is C15H24N2O2. The molecule has 0 aliphatic heterocycles. The smallest absolute Gasteiger partial charge is 0.241 e. The largest absolute Gasteiger partial charge is 0.494 e. The normalized spacial score (nSPS) is 10.1. The van der Waals surface area contributed by atoms with Crippen LogP contribution in [-0.4, -0.2) is 37.0 Å². The zero-order valence-electron chi connectivity index (χ0n) is 12.1. The average molecular weight is 264 g/mol. The molecule has 1 rings (SSSR count). The van der Waals surface area contributed by atoms with Gasteiger partial charge in [-0.15, -0.1) is 0 Å². The number of hydrogen-bond donors (Lipinski definition) is 1. The third-order valence-corrected chi connectivity index (χ3v) is 2.87. The molecule has 0 aromatic heterocycles. The summed E-state index contributed by atoms with van der Waals surface area (Å²) in [6.07, 6.45) is 0.984. The number of ether oxygens (including phenoxy) is 1. The molecule has 0 spiro atoms. The number of rotatable bonds is 8. The van der Waals surface area contributed by atoms with E-state index in [2.05, 4.69) is 12.2 Å². The monoisotopic (exact) mass is 264 g/mol. The molecule has 0 aliphatic rings. The zero-order chi connectivity index (χ0) is 14.1. The van der Waals surface area contributed by atoms with Gasteiger partial charge in [0, 0.05) is 24.8 Å². The molecule has 0 saturated heterocycles. The number of likely N-dealkylation sites (N-methyl/N-ethyl adjacent to an activating group) is 1. The second-order valence-corrected chi connectivity index (χ2v) is 4.30. The SMILES string of the molecule is CCCOc1cccc(NCC(=O)N(CC)CC)c1. The van der Waals surface area contributed by atoms with E-state index in [0.717, 1.165) is 30.9 Å². The van der Waals surface area contributed by atoms with Gasteiger partial charge in [0.1, 0.15) is 5.75 Å². The summed E-state index contributed by atoms with van der Waals surface area (Å²) in [5, 5.41) is 3.14. The summed E-state index contributed by atoms with van der Waals surface area (Å²) in [7, 11) is 0. The maximum Gasteiger partial charge on any atom is 0.241 e. The molecule has 0 atom stereocenters. The highest BCUT2D eigenvalue weighted by molar-refractivity contribution is 5.80. The van der Waals surface area contributed by atoms with Crippen molar-refractivity contribution in [2.45, 2.75) is 27.2 Å². The number of hydrogen-bond acceptors (Lipinski definition) is 3. The van der Waals surface area contributed by atoms with Crippen LogP contribution in [0.3, 0.4) is 0 Å². The predicted molar refractivity (Wildman–Crippen MR) is 78.6 cm³/mol. The van der Waals surface area contributed by atoms with E-state index in [1.54, 1.807) is 0 Å². The van der Waals surface area contributed by atoms with Crippen molar-refractivity contribution < 1.29 is 9.53 Å². The van der Waals surface area contributed by atoms with E-state index in [-0.39, 0.29) is 5.91 Å². The first kappa shape index (κ1) is 15.3. The second kappa shape index (κ2) is 8.40. The van der Waals surface area contributed by atoms with Gasteiger partial charge in [0.05, 0.1) is 13.2 Å². The maximum absolute atomic E-state index is 11.9. The fraction of sp³-hybridized carbons (Fsp3) is 0.533. The highest BCUT2D eigenvalue weighted by Crippen LogP contribution is 2.17. The van der Waals surface area contributed by atoms with Gasteiger partial charge in [-0.05, 0) is 32.4 Å². The zero-order valence-corrected chi connectivity index (χ0v) is 12.1. The van der Waals surface area contributed by atoms with Crippen molar-refractivity contribution in [3.8, 4) is 5.75 Å². The Labute approximate surface area is 115 Å². The number of carbonyl (C=O) groups is 1. The van der Waals surface area contributed by atoms with Crippen molar-refractivity contribution in [2.24, 2.45) is 0 Å². The number of amides is 1. The highest BCUT2D eigenvalue weighted by atomic mass is 16.5. The first-order valence-electron chi connectivity index (χ1n) is 6.95. The molecule has 1 aromatic rings. The lowest BCUT2D eigenvalue weighted by atomic mass is 10.3. The molecule has 0 heterocycles. The van der Waals surface area contributed by atoms with Gasteiger partial charge >= 0.3 is 0 Å². The Balaban J connectivity index is 2.50. The Morgan fingerprint density at radius 1 is 1.26 bits per heavy atom. The molecule has 0 aliphatic carbocycles. The number of nitrogens with zero attached hydrogens (tertiary/aromatic N) is 1. The fourth-order valence-electron chi connectivity index (χ4n) is 1.78. The van der Waals surface area contributed by atoms with Crippen LogP contribution >= 0.6 is 0 Å². The van der Waals surface area contributed by atoms with Gasteiger partial charge < -0.3 is 15.0 Å². The molecule has 19 heavy (non-hydrogen) atoms. The number of anilines is 1. The molecule has 0 bridgehead atoms. The summed E-state index contributed by atoms with van der Waals surface area (Å²) in [6, 6.07) is 7.71. The minimum Gasteiger partial charge on any atom is -0.494 e. The average Bonchev–Trinajstić information content (AvgIpc) is 2.44. The lowest BCUT2D eigenvalue weighted by molar-refractivity contribution is -0.128. The third-order valence-electron chi connectivity index (χ3n) is 2.87. The third kappa shape index (κ3) is 5.20. The van der Waals surface area contributed by atoms with Crippen molar-refractivity contribution in [1.29, 1.82) is 0 Å². The highest BCUT2D eigenvalue weighted by Gasteiger charge is 2.08. The molecule has 4 nitrogen and oxygen atoms in total. The predicted octanol–water partition coefficient (Wildman–Crippen LogP) is 2.76. The molecular weight excluding hydrogens is 240 g/mol. The summed E-state index contributed by atoms with van der Waals surface area (Å²) >= 11 is 0. The Bertz CT molecular complexity index is 389. The van der Waals surface area contributed by atoms with Gasteiger partial charge in [-0.25, -0.2) is 0 Å². The van der Waals surface area contributed by atoms with Crippen LogP contribution in [0, 0.1) is 0 Å². The van der Waals surface area contributed by atoms with Gasteiger partial charge in [0.15, 0.2) is 0 Å². The molecule has 0 fully saturated rings. The molecule has 0 saturated carbocycles. The fourth-order valence-corrected chi connectivity index (χ4v) is 1.78. The molecule has 1 aromatic carbocycles. The first-order valence-corrected chi connectivity index (χ1v) is 6.95. The lowest BCUT2D eigenvalue weighted by Gasteiger charge is -2.19. The van der Waals surface area contributed by atoms with E-state index in [1.807, 2.05) is 43.0 Å². The van der Waals surface area contributed by atoms with Gasteiger partial charge in [0.25, 0.3) is 0 Å². The van der Waals surface area contributed by atoms with E-state index in [1.165, 1.54) is 0 Å². The first-order chi connectivity index (χ1) is 9.21. The molecule has 0 radical (unpaired) electrons. The van der Waals surface area contributed by atoms with Crippen LogP contribution in [-0.2, 0) is 4.79 Å². The minimum absolute atomic E-state index is 0.116. The summed E-state index contributed by atoms with van der Waals surface area (Å²) in [4.78, 5) is 13.7. The summed E-state index contributed by atoms with van der Waals surface area (Å²) in [5.74, 6) is 0.951. The van der Waals surface area contributed by atoms with Crippen molar-refractivity contribution in [1.82, 2.24) is 4.90 Å². The van der Waals surface area contributed by atoms with E-state index in [0.29, 0.717) is 13.2 Å². The van der Waals surface area contributed by atoms with E-state index in [4.69, 9.17) is 4.74 Å². The Morgan fingerprint density at radius 3 is 2.63 bits per heavy atom. The van der Waals surface area contributed by atoms with Gasteiger partial charge in [-0.3, -0.25) is 4.79 Å². The Kier molecular flexibility index (Phi) is 6.79. The Hall–Kier alpha value is -1.71. The van der Waals surface area contributed by atoms with Crippen LogP contribution in [0.5, 0.6) is 5.75 Å². The Morgan fingerprint density at radius 2 is 2.00 bits per heavy atom. The van der Waals surface area contributed by atoms with Crippen LogP contribution in [0.1, 0.15) is 27.2 Å². The second-order valence-electron chi connectivity index (χ2n) is 4.30. The van der Waals surface area contributed by atoms with E-state index in [9.17, 15) is 4.79 Å². The summed E-state index contributed by atoms with van der Waals surface area (Å²) in [6.45, 7) is 8.57. The van der Waals surface area contributed by atoms with Crippen LogP contribution in [0.25, 0.3) is 0 Å². The number of nitrogens with one attached hydrogen (secondary N) is 1. The van der Waals surface area contributed by atoms with E-state index < -0.39 is 0 Å². The quantitative estimate of drug-likeness (QED) is 0.785. The molecule has 0 unspecified atom stereocenters. The summed E-state index contributed by atoms with van der Waals surface area (Å²) in [5.41, 5.74) is 0.911. The molecule has 1 N–H and O–H groups in total. The standard InChI is InChI=1S/C15H24N2O2/c1-4-10-19-14-9-7-8-13(11-14)16-12-15(18)17(5-2)6-3/h7-9,11,16H,4-6,10,12H2,1-3H3. The van der Waals surface area contributed by atoms with Gasteiger partial charge in [-0.2, -0.15) is 0 Å². The number of benzene rings is 1. The maximum atomic E-state index is 11.9. The molecule has 106 valence electrons. The molecule has 4 heteroatoms. The van der Waals surface area contributed by atoms with Crippen molar-refractivity contribution in [3.63, 3.8) is 0 Å². The summed E-state index contributed by atoms with van der Waals surface area (Å²) < 4.78 is 5.56. The van der Waals surface area contributed by atoms with Crippen LogP contribution in [0.15, 0.2) is 24.3 Å². The lowest BCUT2D eigenvalue weighted by Crippen LogP contribution is -2.35. The minimum atomic E-state index is 0.116. The van der Waals surface area contributed by atoms with Crippen LogP contribution in [0.2, 0.25) is 0 Å². The van der Waals surface area contributed by atoms with Gasteiger partial charge in [-0.1, -0.05) is 13.0 Å². The van der Waals surface area contributed by atoms with Gasteiger partial charge in [0.2, 0.25) is 5.91 Å². The van der Waals surface area contributed by atoms with E-state index >= 15 is 0 Å². The topological polar surface area (TPSA) is 41.6 Å². The van der Waals surface area contributed by atoms with Crippen molar-refractivity contribution in [3.05, 3.63) is 24.3 Å². The van der Waals surface area contributed by atoms with Crippen molar-refractivity contribution >= 4 is 11.6 Å². The number of carbonyl (C=O) groups excluding carboxylic acids is 1. The molecule has 1 amide bonds.